The van der Waals surface area contributed by atoms with Gasteiger partial charge in [-0.05, 0) is 77.7 Å². The van der Waals surface area contributed by atoms with E-state index in [9.17, 15) is 4.79 Å². The van der Waals surface area contributed by atoms with Crippen molar-refractivity contribution in [3.05, 3.63) is 48.4 Å². The fourth-order valence-corrected chi connectivity index (χ4v) is 3.81. The molecule has 2 aromatic carbocycles. The van der Waals surface area contributed by atoms with Gasteiger partial charge in [0, 0.05) is 5.56 Å². The van der Waals surface area contributed by atoms with E-state index in [1.54, 1.807) is 6.20 Å². The standard InChI is InChI=1S/C26H34BN3O4/c1-16(29-23(31)32-24(2,3)4)22-28-15-21(30-22)19-10-9-18-14-20(12-11-17(18)13-19)27-33-25(5,6)26(7,8)34-27/h9-16H,1-8H3,(H,28,30)(H,29,31)/t16-/m0/s1. The zero-order valence-corrected chi connectivity index (χ0v) is 21.3. The molecule has 1 aliphatic rings. The second-order valence-corrected chi connectivity index (χ2v) is 11.0. The Balaban J connectivity index is 1.50. The van der Waals surface area contributed by atoms with Gasteiger partial charge < -0.3 is 24.3 Å². The van der Waals surface area contributed by atoms with E-state index < -0.39 is 11.7 Å². The van der Waals surface area contributed by atoms with E-state index in [4.69, 9.17) is 14.0 Å². The maximum atomic E-state index is 12.1. The topological polar surface area (TPSA) is 85.5 Å². The van der Waals surface area contributed by atoms with Crippen molar-refractivity contribution < 1.29 is 18.8 Å². The first kappa shape index (κ1) is 24.3. The molecule has 0 spiro atoms. The zero-order valence-electron chi connectivity index (χ0n) is 21.3. The lowest BCUT2D eigenvalue weighted by Gasteiger charge is -2.32. The number of nitrogens with one attached hydrogen (secondary N) is 2. The molecule has 1 aliphatic heterocycles. The molecule has 180 valence electrons. The van der Waals surface area contributed by atoms with Crippen molar-refractivity contribution in [3.8, 4) is 11.3 Å². The van der Waals surface area contributed by atoms with E-state index in [0.29, 0.717) is 5.82 Å². The Hall–Kier alpha value is -2.84. The summed E-state index contributed by atoms with van der Waals surface area (Å²) in [6.07, 6.45) is 1.31. The van der Waals surface area contributed by atoms with Gasteiger partial charge in [0.1, 0.15) is 11.4 Å². The number of rotatable bonds is 4. The molecule has 0 bridgehead atoms. The lowest BCUT2D eigenvalue weighted by molar-refractivity contribution is 0.00578. The molecule has 0 aliphatic carbocycles. The van der Waals surface area contributed by atoms with Crippen LogP contribution in [0.5, 0.6) is 0 Å². The number of H-pyrrole nitrogens is 1. The summed E-state index contributed by atoms with van der Waals surface area (Å²) in [5.41, 5.74) is 1.61. The predicted octanol–water partition coefficient (Wildman–Crippen LogP) is 5.11. The molecule has 3 aromatic rings. The average Bonchev–Trinajstić information content (AvgIpc) is 3.28. The van der Waals surface area contributed by atoms with Gasteiger partial charge in [-0.2, -0.15) is 0 Å². The molecular formula is C26H34BN3O4. The van der Waals surface area contributed by atoms with Crippen molar-refractivity contribution in [1.29, 1.82) is 0 Å². The zero-order chi connectivity index (χ0) is 24.9. The molecule has 0 radical (unpaired) electrons. The molecule has 1 amide bonds. The monoisotopic (exact) mass is 463 g/mol. The summed E-state index contributed by atoms with van der Waals surface area (Å²) in [6, 6.07) is 12.2. The number of aromatic amines is 1. The highest BCUT2D eigenvalue weighted by Gasteiger charge is 2.51. The molecule has 0 saturated carbocycles. The summed E-state index contributed by atoms with van der Waals surface area (Å²) < 4.78 is 17.7. The summed E-state index contributed by atoms with van der Waals surface area (Å²) in [7, 11) is -0.386. The summed E-state index contributed by atoms with van der Waals surface area (Å²) in [4.78, 5) is 19.8. The Labute approximate surface area is 201 Å². The smallest absolute Gasteiger partial charge is 0.444 e. The molecule has 4 rings (SSSR count). The van der Waals surface area contributed by atoms with Crippen LogP contribution in [0.25, 0.3) is 22.0 Å². The quantitative estimate of drug-likeness (QED) is 0.525. The highest BCUT2D eigenvalue weighted by molar-refractivity contribution is 6.62. The Bertz CT molecular complexity index is 1200. The van der Waals surface area contributed by atoms with Crippen LogP contribution in [0.15, 0.2) is 42.6 Å². The molecule has 2 N–H and O–H groups in total. The van der Waals surface area contributed by atoms with Gasteiger partial charge in [0.05, 0.1) is 29.1 Å². The number of carbonyl (C=O) groups is 1. The van der Waals surface area contributed by atoms with Crippen molar-refractivity contribution in [2.45, 2.75) is 78.2 Å². The fourth-order valence-electron chi connectivity index (χ4n) is 3.81. The molecule has 0 unspecified atom stereocenters. The van der Waals surface area contributed by atoms with Crippen LogP contribution in [0.1, 0.15) is 67.3 Å². The summed E-state index contributed by atoms with van der Waals surface area (Å²) in [5, 5.41) is 5.03. The van der Waals surface area contributed by atoms with Gasteiger partial charge in [-0.1, -0.05) is 30.3 Å². The highest BCUT2D eigenvalue weighted by atomic mass is 16.7. The minimum atomic E-state index is -0.550. The number of carbonyl (C=O) groups excluding carboxylic acids is 1. The molecule has 7 nitrogen and oxygen atoms in total. The number of fused-ring (bicyclic) bond motifs is 1. The largest absolute Gasteiger partial charge is 0.494 e. The third kappa shape index (κ3) is 4.98. The molecule has 34 heavy (non-hydrogen) atoms. The SMILES string of the molecule is C[C@H](NC(=O)OC(C)(C)C)c1ncc(-c2ccc3cc(B4OC(C)(C)C(C)(C)O4)ccc3c2)[nH]1. The molecular weight excluding hydrogens is 429 g/mol. The van der Waals surface area contributed by atoms with E-state index in [-0.39, 0.29) is 24.4 Å². The number of hydrogen-bond acceptors (Lipinski definition) is 5. The van der Waals surface area contributed by atoms with Gasteiger partial charge in [-0.15, -0.1) is 0 Å². The van der Waals surface area contributed by atoms with Crippen LogP contribution >= 0.6 is 0 Å². The molecule has 1 saturated heterocycles. The molecule has 2 heterocycles. The number of aromatic nitrogens is 2. The predicted molar refractivity (Wildman–Crippen MR) is 135 cm³/mol. The van der Waals surface area contributed by atoms with E-state index in [0.717, 1.165) is 27.5 Å². The molecule has 8 heteroatoms. The lowest BCUT2D eigenvalue weighted by Crippen LogP contribution is -2.41. The number of nitrogens with zero attached hydrogens (tertiary/aromatic N) is 1. The third-order valence-electron chi connectivity index (χ3n) is 6.44. The second-order valence-electron chi connectivity index (χ2n) is 11.0. The Morgan fingerprint density at radius 3 is 2.32 bits per heavy atom. The lowest BCUT2D eigenvalue weighted by atomic mass is 9.78. The van der Waals surface area contributed by atoms with E-state index in [1.165, 1.54) is 0 Å². The van der Waals surface area contributed by atoms with Crippen LogP contribution in [0.2, 0.25) is 0 Å². The Morgan fingerprint density at radius 2 is 1.68 bits per heavy atom. The molecule has 1 aromatic heterocycles. The van der Waals surface area contributed by atoms with E-state index in [1.807, 2.05) is 27.7 Å². The van der Waals surface area contributed by atoms with E-state index >= 15 is 0 Å². The highest BCUT2D eigenvalue weighted by Crippen LogP contribution is 2.36. The van der Waals surface area contributed by atoms with Crippen molar-refractivity contribution >= 4 is 29.4 Å². The minimum absolute atomic E-state index is 0.313. The maximum Gasteiger partial charge on any atom is 0.494 e. The van der Waals surface area contributed by atoms with Gasteiger partial charge in [-0.25, -0.2) is 9.78 Å². The summed E-state index contributed by atoms with van der Waals surface area (Å²) in [6.45, 7) is 15.6. The van der Waals surface area contributed by atoms with Crippen molar-refractivity contribution in [1.82, 2.24) is 15.3 Å². The van der Waals surface area contributed by atoms with Crippen molar-refractivity contribution in [2.24, 2.45) is 0 Å². The number of ether oxygens (including phenoxy) is 1. The molecule has 1 fully saturated rings. The number of imidazole rings is 1. The van der Waals surface area contributed by atoms with Gasteiger partial charge in [0.25, 0.3) is 0 Å². The molecule has 1 atom stereocenters. The second kappa shape index (κ2) is 8.43. The van der Waals surface area contributed by atoms with Crippen LogP contribution in [0.3, 0.4) is 0 Å². The minimum Gasteiger partial charge on any atom is -0.444 e. The number of hydrogen-bond donors (Lipinski definition) is 2. The van der Waals surface area contributed by atoms with Crippen LogP contribution in [0, 0.1) is 0 Å². The van der Waals surface area contributed by atoms with Crippen molar-refractivity contribution in [2.75, 3.05) is 0 Å². The first-order valence-electron chi connectivity index (χ1n) is 11.7. The summed E-state index contributed by atoms with van der Waals surface area (Å²) >= 11 is 0. The van der Waals surface area contributed by atoms with Gasteiger partial charge in [-0.3, -0.25) is 0 Å². The van der Waals surface area contributed by atoms with Gasteiger partial charge in [0.15, 0.2) is 0 Å². The first-order chi connectivity index (χ1) is 15.7. The van der Waals surface area contributed by atoms with Gasteiger partial charge in [0.2, 0.25) is 0 Å². The third-order valence-corrected chi connectivity index (χ3v) is 6.44. The van der Waals surface area contributed by atoms with Crippen molar-refractivity contribution in [3.63, 3.8) is 0 Å². The average molecular weight is 463 g/mol. The first-order valence-corrected chi connectivity index (χ1v) is 11.7. The fraction of sp³-hybridized carbons (Fsp3) is 0.462. The normalized spacial score (nSPS) is 18.2. The van der Waals surface area contributed by atoms with Crippen LogP contribution in [0.4, 0.5) is 4.79 Å². The Kier molecular flexibility index (Phi) is 6.02. The maximum absolute atomic E-state index is 12.1. The Morgan fingerprint density at radius 1 is 1.06 bits per heavy atom. The number of amides is 1. The van der Waals surface area contributed by atoms with Gasteiger partial charge >= 0.3 is 13.2 Å². The number of alkyl carbamates (subject to hydrolysis) is 1. The van der Waals surface area contributed by atoms with E-state index in [2.05, 4.69) is 79.4 Å². The van der Waals surface area contributed by atoms with Crippen LogP contribution in [-0.4, -0.2) is 40.0 Å². The summed E-state index contributed by atoms with van der Waals surface area (Å²) in [5.74, 6) is 0.664. The van der Waals surface area contributed by atoms with Crippen LogP contribution in [-0.2, 0) is 14.0 Å². The number of benzene rings is 2. The van der Waals surface area contributed by atoms with Crippen LogP contribution < -0.4 is 10.8 Å².